The van der Waals surface area contributed by atoms with Crippen molar-refractivity contribution >= 4 is 24.1 Å². The summed E-state index contributed by atoms with van der Waals surface area (Å²) in [4.78, 5) is 0. The number of hydrogen-bond donors (Lipinski definition) is 0. The third-order valence-corrected chi connectivity index (χ3v) is 2.42. The summed E-state index contributed by atoms with van der Waals surface area (Å²) >= 11 is 0. The molecule has 0 saturated heterocycles. The van der Waals surface area contributed by atoms with Gasteiger partial charge in [-0.25, -0.2) is 5.03 Å². The van der Waals surface area contributed by atoms with Gasteiger partial charge >= 0.3 is 7.62 Å². The van der Waals surface area contributed by atoms with Crippen molar-refractivity contribution in [1.82, 2.24) is 0 Å². The first-order valence-electron chi connectivity index (χ1n) is 4.94. The van der Waals surface area contributed by atoms with E-state index in [4.69, 9.17) is 9.39 Å². The predicted molar refractivity (Wildman–Crippen MR) is 60.8 cm³/mol. The van der Waals surface area contributed by atoms with E-state index in [1.165, 1.54) is 7.62 Å². The molecule has 1 aliphatic rings. The largest absolute Gasteiger partial charge is 0.487 e. The predicted octanol–water partition coefficient (Wildman–Crippen LogP) is 2.82. The van der Waals surface area contributed by atoms with Crippen molar-refractivity contribution in [2.24, 2.45) is 10.1 Å². The molecular weight excluding hydrogens is 203 g/mol. The molecule has 2 aromatic rings. The van der Waals surface area contributed by atoms with Crippen LogP contribution in [0.3, 0.4) is 0 Å². The van der Waals surface area contributed by atoms with Crippen molar-refractivity contribution in [2.75, 3.05) is 6.79 Å². The second kappa shape index (κ2) is 3.94. The number of nitrogens with zero attached hydrogens (tertiary/aromatic N) is 2. The van der Waals surface area contributed by atoms with E-state index in [1.807, 2.05) is 36.4 Å². The van der Waals surface area contributed by atoms with Gasteiger partial charge in [-0.2, -0.15) is 5.11 Å². The van der Waals surface area contributed by atoms with Gasteiger partial charge in [0.2, 0.25) is 0 Å². The van der Waals surface area contributed by atoms with E-state index >= 15 is 0 Å². The molecule has 0 amide bonds. The van der Waals surface area contributed by atoms with Gasteiger partial charge in [0.1, 0.15) is 5.69 Å². The number of ether oxygens (including phenoxy) is 1. The zero-order valence-corrected chi connectivity index (χ0v) is 8.46. The molecule has 0 N–H and O–H groups in total. The lowest BCUT2D eigenvalue weighted by atomic mass is 10.1. The van der Waals surface area contributed by atoms with Crippen molar-refractivity contribution in [3.05, 3.63) is 36.4 Å². The molecule has 0 aromatic heterocycles. The van der Waals surface area contributed by atoms with E-state index in [0.29, 0.717) is 0 Å². The lowest BCUT2D eigenvalue weighted by Gasteiger charge is -2.12. The molecule has 2 aromatic carbocycles. The van der Waals surface area contributed by atoms with Gasteiger partial charge in [0.15, 0.2) is 12.5 Å². The zero-order valence-electron chi connectivity index (χ0n) is 8.46. The highest BCUT2D eigenvalue weighted by molar-refractivity contribution is 6.24. The van der Waals surface area contributed by atoms with E-state index in [0.717, 1.165) is 22.2 Å². The van der Waals surface area contributed by atoms with Gasteiger partial charge in [-0.1, -0.05) is 30.3 Å². The van der Waals surface area contributed by atoms with Crippen molar-refractivity contribution in [2.45, 2.75) is 0 Å². The van der Waals surface area contributed by atoms with Gasteiger partial charge in [0, 0.05) is 5.39 Å². The Morgan fingerprint density at radius 1 is 1.12 bits per heavy atom. The summed E-state index contributed by atoms with van der Waals surface area (Å²) < 4.78 is 10.5. The summed E-state index contributed by atoms with van der Waals surface area (Å²) in [5.41, 5.74) is 0.721. The van der Waals surface area contributed by atoms with Crippen LogP contribution in [-0.2, 0) is 4.65 Å². The second-order valence-corrected chi connectivity index (χ2v) is 3.38. The molecule has 1 heterocycles. The standard InChI is InChI=1S/C11H8BN2O2/c1-2-4-9-8(3-1)5-6-10-11(9)15-7-16-12-14-13-10/h1-6H,7H2. The van der Waals surface area contributed by atoms with Crippen LogP contribution >= 0.6 is 0 Å². The Morgan fingerprint density at radius 3 is 3.06 bits per heavy atom. The smallest absolute Gasteiger partial charge is 0.466 e. The fourth-order valence-electron chi connectivity index (χ4n) is 1.70. The molecule has 0 atom stereocenters. The molecular formula is C11H8BN2O2. The van der Waals surface area contributed by atoms with E-state index < -0.39 is 0 Å². The summed E-state index contributed by atoms with van der Waals surface area (Å²) in [5.74, 6) is 0.718. The summed E-state index contributed by atoms with van der Waals surface area (Å²) in [7, 11) is 1.28. The molecule has 0 fully saturated rings. The lowest BCUT2D eigenvalue weighted by molar-refractivity contribution is 0.125. The third-order valence-electron chi connectivity index (χ3n) is 2.42. The minimum atomic E-state index is 0.153. The summed E-state index contributed by atoms with van der Waals surface area (Å²) in [6, 6.07) is 11.9. The molecule has 1 aliphatic heterocycles. The Hall–Kier alpha value is -1.88. The first kappa shape index (κ1) is 9.36. The Bertz CT molecular complexity index is 557. The molecule has 5 heteroatoms. The summed E-state index contributed by atoms with van der Waals surface area (Å²) in [5, 5.41) is 9.92. The van der Waals surface area contributed by atoms with Gasteiger partial charge < -0.3 is 9.39 Å². The maximum absolute atomic E-state index is 5.53. The third kappa shape index (κ3) is 1.55. The van der Waals surface area contributed by atoms with Crippen LogP contribution in [-0.4, -0.2) is 14.4 Å². The van der Waals surface area contributed by atoms with E-state index in [2.05, 4.69) is 10.1 Å². The normalized spacial score (nSPS) is 14.5. The fourth-order valence-corrected chi connectivity index (χ4v) is 1.70. The van der Waals surface area contributed by atoms with Gasteiger partial charge in [-0.05, 0) is 11.5 Å². The maximum atomic E-state index is 5.53. The SMILES string of the molecule is [B]1N=Nc2ccc3ccccc3c2OCO1. The Morgan fingerprint density at radius 2 is 2.06 bits per heavy atom. The zero-order chi connectivity index (χ0) is 10.8. The molecule has 3 rings (SSSR count). The summed E-state index contributed by atoms with van der Waals surface area (Å²) in [6.45, 7) is 0.153. The molecule has 4 nitrogen and oxygen atoms in total. The van der Waals surface area contributed by atoms with Crippen molar-refractivity contribution in [3.8, 4) is 5.75 Å². The van der Waals surface area contributed by atoms with Crippen LogP contribution < -0.4 is 4.74 Å². The van der Waals surface area contributed by atoms with Crippen molar-refractivity contribution in [3.63, 3.8) is 0 Å². The number of fused-ring (bicyclic) bond motifs is 3. The van der Waals surface area contributed by atoms with Crippen molar-refractivity contribution < 1.29 is 9.39 Å². The van der Waals surface area contributed by atoms with Gasteiger partial charge in [-0.3, -0.25) is 0 Å². The average Bonchev–Trinajstić information content (AvgIpc) is 2.29. The topological polar surface area (TPSA) is 43.2 Å². The van der Waals surface area contributed by atoms with Crippen LogP contribution in [0.2, 0.25) is 0 Å². The fraction of sp³-hybridized carbons (Fsp3) is 0.0909. The monoisotopic (exact) mass is 211 g/mol. The lowest BCUT2D eigenvalue weighted by Crippen LogP contribution is -2.07. The Kier molecular flexibility index (Phi) is 2.31. The number of hydrogen-bond acceptors (Lipinski definition) is 4. The minimum absolute atomic E-state index is 0.153. The maximum Gasteiger partial charge on any atom is 0.487 e. The van der Waals surface area contributed by atoms with Crippen molar-refractivity contribution in [1.29, 1.82) is 0 Å². The molecule has 0 aliphatic carbocycles. The number of rotatable bonds is 0. The summed E-state index contributed by atoms with van der Waals surface area (Å²) in [6.07, 6.45) is 0. The van der Waals surface area contributed by atoms with Crippen LogP contribution in [0.15, 0.2) is 46.5 Å². The molecule has 0 unspecified atom stereocenters. The first-order chi connectivity index (χ1) is 7.95. The van der Waals surface area contributed by atoms with Crippen LogP contribution in [0.4, 0.5) is 5.69 Å². The molecule has 1 radical (unpaired) electrons. The van der Waals surface area contributed by atoms with E-state index in [9.17, 15) is 0 Å². The highest BCUT2D eigenvalue weighted by Crippen LogP contribution is 2.36. The van der Waals surface area contributed by atoms with E-state index in [-0.39, 0.29) is 6.79 Å². The average molecular weight is 211 g/mol. The molecule has 16 heavy (non-hydrogen) atoms. The van der Waals surface area contributed by atoms with E-state index in [1.54, 1.807) is 0 Å². The minimum Gasteiger partial charge on any atom is -0.466 e. The highest BCUT2D eigenvalue weighted by Gasteiger charge is 2.10. The highest BCUT2D eigenvalue weighted by atomic mass is 16.6. The second-order valence-electron chi connectivity index (χ2n) is 3.38. The molecule has 77 valence electrons. The first-order valence-corrected chi connectivity index (χ1v) is 4.94. The van der Waals surface area contributed by atoms with Crippen LogP contribution in [0.5, 0.6) is 5.75 Å². The van der Waals surface area contributed by atoms with Gasteiger partial charge in [0.25, 0.3) is 0 Å². The number of benzene rings is 2. The quantitative estimate of drug-likeness (QED) is 0.628. The van der Waals surface area contributed by atoms with Gasteiger partial charge in [0.05, 0.1) is 0 Å². The molecule has 0 saturated carbocycles. The Balaban J connectivity index is 2.27. The van der Waals surface area contributed by atoms with Crippen LogP contribution in [0.25, 0.3) is 10.8 Å². The molecule has 0 spiro atoms. The van der Waals surface area contributed by atoms with Crippen LogP contribution in [0.1, 0.15) is 0 Å². The molecule has 0 bridgehead atoms. The van der Waals surface area contributed by atoms with Gasteiger partial charge in [-0.15, -0.1) is 0 Å². The Labute approximate surface area is 93.2 Å². The van der Waals surface area contributed by atoms with Crippen LogP contribution in [0, 0.1) is 0 Å².